The molecular formula is C6H16CuN2. The minimum atomic E-state index is 1.11. The van der Waals surface area contributed by atoms with Crippen molar-refractivity contribution in [1.29, 1.82) is 0 Å². The standard InChI is InChI=1S/C4H10N.C2H6N.Cu/c1-3-5-4-2;1-3-2;/h3-4H2,1-2H3;1-2H3;/q2*-1;+2. The Balaban J connectivity index is 3.31. The molecule has 0 radical (unpaired) electrons. The van der Waals surface area contributed by atoms with Gasteiger partial charge >= 0.3 is 64.3 Å². The first kappa shape index (κ1) is 9.44. The Kier molecular flexibility index (Phi) is 5.50. The molecule has 0 aromatic rings. The number of hydrogen-bond acceptors (Lipinski definition) is 2. The molecule has 0 aromatic carbocycles. The van der Waals surface area contributed by atoms with Gasteiger partial charge in [0.1, 0.15) is 0 Å². The first-order valence-electron chi connectivity index (χ1n) is 3.21. The molecule has 0 spiro atoms. The average Bonchev–Trinajstić information content (AvgIpc) is 1.82. The first-order valence-corrected chi connectivity index (χ1v) is 4.05. The van der Waals surface area contributed by atoms with Gasteiger partial charge in [-0.2, -0.15) is 0 Å². The quantitative estimate of drug-likeness (QED) is 0.590. The molecule has 0 aliphatic carbocycles. The molecule has 0 saturated heterocycles. The van der Waals surface area contributed by atoms with Gasteiger partial charge in [-0.05, 0) is 0 Å². The fourth-order valence-corrected chi connectivity index (χ4v) is 1.28. The molecule has 3 heteroatoms. The van der Waals surface area contributed by atoms with Crippen LogP contribution in [0.2, 0.25) is 0 Å². The van der Waals surface area contributed by atoms with Crippen LogP contribution in [-0.2, 0) is 15.4 Å². The van der Waals surface area contributed by atoms with Crippen molar-refractivity contribution in [3.8, 4) is 0 Å². The number of rotatable bonds is 4. The normalized spacial score (nSPS) is 11.8. The molecule has 2 nitrogen and oxygen atoms in total. The molecule has 0 aliphatic rings. The molecule has 9 heavy (non-hydrogen) atoms. The molecule has 0 bridgehead atoms. The third-order valence-corrected chi connectivity index (χ3v) is 2.08. The van der Waals surface area contributed by atoms with Crippen LogP contribution >= 0.6 is 0 Å². The van der Waals surface area contributed by atoms with Gasteiger partial charge in [-0.1, -0.05) is 0 Å². The SMILES string of the molecule is CC[N](CC)[Cu][N](C)C. The van der Waals surface area contributed by atoms with E-state index in [1.807, 2.05) is 15.4 Å². The molecule has 0 aliphatic heterocycles. The zero-order valence-electron chi connectivity index (χ0n) is 6.61. The molecule has 0 rings (SSSR count). The van der Waals surface area contributed by atoms with E-state index in [1.54, 1.807) is 0 Å². The maximum absolute atomic E-state index is 2.28. The Labute approximate surface area is 64.8 Å². The van der Waals surface area contributed by atoms with Crippen LogP contribution in [0.1, 0.15) is 13.8 Å². The van der Waals surface area contributed by atoms with Crippen molar-refractivity contribution in [1.82, 2.24) is 7.83 Å². The summed E-state index contributed by atoms with van der Waals surface area (Å²) in [5, 5.41) is 0. The monoisotopic (exact) mass is 179 g/mol. The van der Waals surface area contributed by atoms with E-state index in [0.29, 0.717) is 0 Å². The van der Waals surface area contributed by atoms with Crippen LogP contribution in [0, 0.1) is 0 Å². The topological polar surface area (TPSA) is 6.48 Å². The summed E-state index contributed by atoms with van der Waals surface area (Å²) in [6.45, 7) is 6.54. The molecule has 0 amide bonds. The van der Waals surface area contributed by atoms with Gasteiger partial charge in [0.05, 0.1) is 0 Å². The summed E-state index contributed by atoms with van der Waals surface area (Å²) in [7, 11) is 4.11. The van der Waals surface area contributed by atoms with Crippen LogP contribution in [0.4, 0.5) is 0 Å². The van der Waals surface area contributed by atoms with E-state index >= 15 is 0 Å². The van der Waals surface area contributed by atoms with Crippen molar-refractivity contribution < 1.29 is 15.4 Å². The van der Waals surface area contributed by atoms with E-state index in [4.69, 9.17) is 0 Å². The van der Waals surface area contributed by atoms with E-state index in [2.05, 4.69) is 35.8 Å². The van der Waals surface area contributed by atoms with E-state index in [-0.39, 0.29) is 0 Å². The number of nitrogens with zero attached hydrogens (tertiary/aromatic N) is 2. The van der Waals surface area contributed by atoms with Crippen molar-refractivity contribution in [2.45, 2.75) is 13.8 Å². The van der Waals surface area contributed by atoms with E-state index in [0.717, 1.165) is 13.1 Å². The Bertz CT molecular complexity index is 62.1. The van der Waals surface area contributed by atoms with Crippen molar-refractivity contribution in [3.63, 3.8) is 0 Å². The van der Waals surface area contributed by atoms with Crippen LogP contribution in [0.5, 0.6) is 0 Å². The maximum atomic E-state index is 2.28. The van der Waals surface area contributed by atoms with Crippen molar-refractivity contribution in [2.24, 2.45) is 0 Å². The summed E-state index contributed by atoms with van der Waals surface area (Å²) in [5.74, 6) is 0. The van der Waals surface area contributed by atoms with Gasteiger partial charge in [0.15, 0.2) is 0 Å². The van der Waals surface area contributed by atoms with Gasteiger partial charge in [-0.25, -0.2) is 0 Å². The molecular weight excluding hydrogens is 164 g/mol. The van der Waals surface area contributed by atoms with Gasteiger partial charge in [-0.15, -0.1) is 0 Å². The van der Waals surface area contributed by atoms with Gasteiger partial charge in [0.2, 0.25) is 0 Å². The van der Waals surface area contributed by atoms with Crippen LogP contribution in [0.25, 0.3) is 0 Å². The number of hydrogen-bond donors (Lipinski definition) is 0. The predicted octanol–water partition coefficient (Wildman–Crippen LogP) is 0.802. The first-order chi connectivity index (χ1) is 4.20. The molecule has 0 heterocycles. The molecule has 0 unspecified atom stereocenters. The van der Waals surface area contributed by atoms with Crippen molar-refractivity contribution >= 4 is 0 Å². The molecule has 0 fully saturated rings. The second-order valence-electron chi connectivity index (χ2n) is 1.82. The van der Waals surface area contributed by atoms with Gasteiger partial charge in [0.25, 0.3) is 0 Å². The Morgan fingerprint density at radius 3 is 1.67 bits per heavy atom. The Morgan fingerprint density at radius 2 is 1.56 bits per heavy atom. The molecule has 0 N–H and O–H groups in total. The minimum absolute atomic E-state index is 1.11. The zero-order valence-corrected chi connectivity index (χ0v) is 7.55. The zero-order chi connectivity index (χ0) is 7.28. The Morgan fingerprint density at radius 1 is 1.11 bits per heavy atom. The van der Waals surface area contributed by atoms with Crippen LogP contribution < -0.4 is 0 Å². The van der Waals surface area contributed by atoms with Crippen molar-refractivity contribution in [2.75, 3.05) is 27.2 Å². The van der Waals surface area contributed by atoms with Gasteiger partial charge in [-0.3, -0.25) is 0 Å². The van der Waals surface area contributed by atoms with E-state index < -0.39 is 0 Å². The summed E-state index contributed by atoms with van der Waals surface area (Å²) < 4.78 is 4.38. The van der Waals surface area contributed by atoms with Crippen LogP contribution in [-0.4, -0.2) is 35.0 Å². The summed E-state index contributed by atoms with van der Waals surface area (Å²) >= 11 is 1.85. The fourth-order valence-electron chi connectivity index (χ4n) is 0.479. The summed E-state index contributed by atoms with van der Waals surface area (Å²) in [6, 6.07) is 0. The van der Waals surface area contributed by atoms with E-state index in [1.165, 1.54) is 0 Å². The summed E-state index contributed by atoms with van der Waals surface area (Å²) in [5.41, 5.74) is 0. The summed E-state index contributed by atoms with van der Waals surface area (Å²) in [6.07, 6.45) is 0. The fraction of sp³-hybridized carbons (Fsp3) is 1.00. The van der Waals surface area contributed by atoms with Crippen LogP contribution in [0.15, 0.2) is 0 Å². The molecule has 0 aromatic heterocycles. The third kappa shape index (κ3) is 4.91. The summed E-state index contributed by atoms with van der Waals surface area (Å²) in [4.78, 5) is 0. The second-order valence-corrected chi connectivity index (χ2v) is 3.45. The van der Waals surface area contributed by atoms with E-state index in [9.17, 15) is 0 Å². The Hall–Kier alpha value is 0.439. The molecule has 61 valence electrons. The van der Waals surface area contributed by atoms with Gasteiger partial charge in [0, 0.05) is 0 Å². The van der Waals surface area contributed by atoms with Crippen LogP contribution in [0.3, 0.4) is 0 Å². The molecule has 0 atom stereocenters. The molecule has 0 saturated carbocycles. The van der Waals surface area contributed by atoms with Gasteiger partial charge < -0.3 is 0 Å². The van der Waals surface area contributed by atoms with Crippen molar-refractivity contribution in [3.05, 3.63) is 0 Å². The average molecular weight is 180 g/mol. The third-order valence-electron chi connectivity index (χ3n) is 0.844. The predicted molar refractivity (Wildman–Crippen MR) is 36.6 cm³/mol. The second kappa shape index (κ2) is 5.24.